The van der Waals surface area contributed by atoms with Crippen molar-refractivity contribution in [2.24, 2.45) is 0 Å². The van der Waals surface area contributed by atoms with E-state index in [-0.39, 0.29) is 23.5 Å². The molecule has 6 heteroatoms. The third kappa shape index (κ3) is 9.48. The molecule has 1 atom stereocenters. The van der Waals surface area contributed by atoms with Gasteiger partial charge in [-0.05, 0) is 25.3 Å². The Morgan fingerprint density at radius 3 is 2.84 bits per heavy atom. The Kier molecular flexibility index (Phi) is 11.0. The number of carbonyl (C=O) groups is 3. The Morgan fingerprint density at radius 2 is 2.12 bits per heavy atom. The number of ketones is 1. The third-order valence-corrected chi connectivity index (χ3v) is 4.93. The molecule has 0 unspecified atom stereocenters. The first kappa shape index (κ1) is 21.5. The Bertz CT molecular complexity index is 502. The van der Waals surface area contributed by atoms with Crippen LogP contribution in [0.2, 0.25) is 0 Å². The summed E-state index contributed by atoms with van der Waals surface area (Å²) in [4.78, 5) is 36.3. The number of hydrogen-bond donors (Lipinski definition) is 1. The molecule has 1 amide bonds. The van der Waals surface area contributed by atoms with Crippen molar-refractivity contribution in [3.8, 4) is 0 Å². The van der Waals surface area contributed by atoms with Crippen molar-refractivity contribution in [3.63, 3.8) is 0 Å². The van der Waals surface area contributed by atoms with Gasteiger partial charge in [-0.25, -0.2) is 0 Å². The molecule has 1 aliphatic rings. The highest BCUT2D eigenvalue weighted by Gasteiger charge is 2.25. The molecule has 1 N–H and O–H groups in total. The van der Waals surface area contributed by atoms with Crippen LogP contribution < -0.4 is 0 Å². The number of allylic oxidation sites excluding steroid dienone is 1. The molecule has 140 valence electrons. The van der Waals surface area contributed by atoms with Crippen LogP contribution in [-0.2, 0) is 14.4 Å². The normalized spacial score (nSPS) is 18.4. The zero-order chi connectivity index (χ0) is 18.5. The number of amides is 1. The SMILES string of the molecule is CCCCCC(=O)C=C[C@H]1CCCC(=O)N1CC=CCSCC(=O)O. The molecule has 1 saturated heterocycles. The summed E-state index contributed by atoms with van der Waals surface area (Å²) in [6, 6.07) is -0.0207. The maximum Gasteiger partial charge on any atom is 0.313 e. The van der Waals surface area contributed by atoms with Gasteiger partial charge in [-0.2, -0.15) is 0 Å². The van der Waals surface area contributed by atoms with E-state index in [0.29, 0.717) is 25.1 Å². The first-order valence-corrected chi connectivity index (χ1v) is 10.1. The highest BCUT2D eigenvalue weighted by atomic mass is 32.2. The number of unbranched alkanes of at least 4 members (excludes halogenated alkanes) is 2. The smallest absolute Gasteiger partial charge is 0.313 e. The zero-order valence-corrected chi connectivity index (χ0v) is 15.8. The third-order valence-electron chi connectivity index (χ3n) is 4.05. The quantitative estimate of drug-likeness (QED) is 0.325. The minimum atomic E-state index is -0.821. The molecule has 1 rings (SSSR count). The molecule has 0 aromatic rings. The average Bonchev–Trinajstić information content (AvgIpc) is 2.57. The zero-order valence-electron chi connectivity index (χ0n) is 15.0. The number of rotatable bonds is 12. The van der Waals surface area contributed by atoms with Gasteiger partial charge in [0, 0.05) is 25.1 Å². The van der Waals surface area contributed by atoms with Gasteiger partial charge in [-0.3, -0.25) is 14.4 Å². The summed E-state index contributed by atoms with van der Waals surface area (Å²) < 4.78 is 0. The molecule has 0 saturated carbocycles. The van der Waals surface area contributed by atoms with Crippen molar-refractivity contribution in [2.75, 3.05) is 18.1 Å². The molecule has 1 heterocycles. The van der Waals surface area contributed by atoms with Crippen molar-refractivity contribution >= 4 is 29.4 Å². The second-order valence-electron chi connectivity index (χ2n) is 6.17. The van der Waals surface area contributed by atoms with Crippen molar-refractivity contribution in [1.29, 1.82) is 0 Å². The molecule has 1 fully saturated rings. The number of hydrogen-bond acceptors (Lipinski definition) is 4. The Hall–Kier alpha value is -1.56. The highest BCUT2D eigenvalue weighted by molar-refractivity contribution is 8.00. The van der Waals surface area contributed by atoms with Gasteiger partial charge in [0.2, 0.25) is 5.91 Å². The number of aliphatic carboxylic acids is 1. The molecule has 1 aliphatic heterocycles. The lowest BCUT2D eigenvalue weighted by molar-refractivity contribution is -0.135. The summed E-state index contributed by atoms with van der Waals surface area (Å²) in [6.45, 7) is 2.62. The van der Waals surface area contributed by atoms with Crippen LogP contribution in [0.4, 0.5) is 0 Å². The topological polar surface area (TPSA) is 74.7 Å². The van der Waals surface area contributed by atoms with E-state index < -0.39 is 5.97 Å². The van der Waals surface area contributed by atoms with Crippen LogP contribution in [0, 0.1) is 0 Å². The van der Waals surface area contributed by atoms with Gasteiger partial charge in [-0.15, -0.1) is 11.8 Å². The second-order valence-corrected chi connectivity index (χ2v) is 7.20. The van der Waals surface area contributed by atoms with Crippen molar-refractivity contribution in [2.45, 2.75) is 57.9 Å². The van der Waals surface area contributed by atoms with E-state index in [1.165, 1.54) is 11.8 Å². The van der Waals surface area contributed by atoms with Crippen molar-refractivity contribution < 1.29 is 19.5 Å². The van der Waals surface area contributed by atoms with Crippen LogP contribution in [0.5, 0.6) is 0 Å². The maximum atomic E-state index is 12.2. The minimum absolute atomic E-state index is 0.0207. The molecule has 5 nitrogen and oxygen atoms in total. The first-order valence-electron chi connectivity index (χ1n) is 8.99. The largest absolute Gasteiger partial charge is 0.481 e. The highest BCUT2D eigenvalue weighted by Crippen LogP contribution is 2.19. The fourth-order valence-corrected chi connectivity index (χ4v) is 3.27. The van der Waals surface area contributed by atoms with E-state index >= 15 is 0 Å². The van der Waals surface area contributed by atoms with Gasteiger partial charge in [0.25, 0.3) is 0 Å². The van der Waals surface area contributed by atoms with Gasteiger partial charge in [0.15, 0.2) is 5.78 Å². The predicted octanol–water partition coefficient (Wildman–Crippen LogP) is 3.45. The Morgan fingerprint density at radius 1 is 1.32 bits per heavy atom. The standard InChI is InChI=1S/C19H29NO4S/c1-2-3-4-9-17(21)12-11-16-8-7-10-18(22)20(16)13-5-6-14-25-15-19(23)24/h5-6,11-12,16H,2-4,7-10,13-15H2,1H3,(H,23,24)/t16-/m1/s1. The Labute approximate surface area is 154 Å². The molecule has 25 heavy (non-hydrogen) atoms. The molecule has 0 spiro atoms. The van der Waals surface area contributed by atoms with E-state index in [1.54, 1.807) is 11.0 Å². The van der Waals surface area contributed by atoms with Crippen LogP contribution in [0.3, 0.4) is 0 Å². The average molecular weight is 368 g/mol. The molecule has 0 aromatic heterocycles. The lowest BCUT2D eigenvalue weighted by Crippen LogP contribution is -2.42. The predicted molar refractivity (Wildman–Crippen MR) is 102 cm³/mol. The summed E-state index contributed by atoms with van der Waals surface area (Å²) in [5, 5.41) is 8.58. The number of carboxylic acid groups (broad SMARTS) is 1. The van der Waals surface area contributed by atoms with Gasteiger partial charge in [0.1, 0.15) is 0 Å². The number of carbonyl (C=O) groups excluding carboxylic acids is 2. The van der Waals surface area contributed by atoms with Gasteiger partial charge in [-0.1, -0.05) is 38.0 Å². The number of likely N-dealkylation sites (tertiary alicyclic amines) is 1. The molecule has 0 radical (unpaired) electrons. The van der Waals surface area contributed by atoms with Crippen LogP contribution in [0.1, 0.15) is 51.9 Å². The number of piperidine rings is 1. The van der Waals surface area contributed by atoms with Gasteiger partial charge in [0.05, 0.1) is 11.8 Å². The summed E-state index contributed by atoms with van der Waals surface area (Å²) in [6.07, 6.45) is 13.3. The fraction of sp³-hybridized carbons (Fsp3) is 0.632. The van der Waals surface area contributed by atoms with E-state index in [1.807, 2.05) is 18.2 Å². The van der Waals surface area contributed by atoms with Crippen LogP contribution >= 0.6 is 11.8 Å². The van der Waals surface area contributed by atoms with E-state index in [9.17, 15) is 14.4 Å². The maximum absolute atomic E-state index is 12.2. The summed E-state index contributed by atoms with van der Waals surface area (Å²) in [5.74, 6) is 0.121. The van der Waals surface area contributed by atoms with Gasteiger partial charge >= 0.3 is 5.97 Å². The van der Waals surface area contributed by atoms with Crippen LogP contribution in [0.25, 0.3) is 0 Å². The Balaban J connectivity index is 2.47. The summed E-state index contributed by atoms with van der Waals surface area (Å²) >= 11 is 1.32. The summed E-state index contributed by atoms with van der Waals surface area (Å²) in [5.41, 5.74) is 0. The molecular weight excluding hydrogens is 338 g/mol. The fourth-order valence-electron chi connectivity index (χ4n) is 2.71. The minimum Gasteiger partial charge on any atom is -0.481 e. The molecular formula is C19H29NO4S. The second kappa shape index (κ2) is 12.8. The lowest BCUT2D eigenvalue weighted by Gasteiger charge is -2.33. The molecule has 0 aromatic carbocycles. The van der Waals surface area contributed by atoms with Crippen LogP contribution in [-0.4, -0.2) is 51.8 Å². The first-order chi connectivity index (χ1) is 12.0. The van der Waals surface area contributed by atoms with E-state index in [4.69, 9.17) is 5.11 Å². The van der Waals surface area contributed by atoms with Crippen molar-refractivity contribution in [1.82, 2.24) is 4.90 Å². The van der Waals surface area contributed by atoms with E-state index in [0.717, 1.165) is 32.1 Å². The molecule has 0 aliphatic carbocycles. The van der Waals surface area contributed by atoms with Crippen LogP contribution in [0.15, 0.2) is 24.3 Å². The lowest BCUT2D eigenvalue weighted by atomic mass is 10.00. The van der Waals surface area contributed by atoms with E-state index in [2.05, 4.69) is 6.92 Å². The number of nitrogens with zero attached hydrogens (tertiary/aromatic N) is 1. The van der Waals surface area contributed by atoms with Crippen molar-refractivity contribution in [3.05, 3.63) is 24.3 Å². The monoisotopic (exact) mass is 367 g/mol. The summed E-state index contributed by atoms with van der Waals surface area (Å²) in [7, 11) is 0. The number of carboxylic acids is 1. The van der Waals surface area contributed by atoms with Gasteiger partial charge < -0.3 is 10.0 Å². The number of thioether (sulfide) groups is 1. The molecule has 0 bridgehead atoms.